The van der Waals surface area contributed by atoms with Crippen molar-refractivity contribution in [1.29, 1.82) is 0 Å². The second-order valence-corrected chi connectivity index (χ2v) is 6.23. The molecule has 0 rings (SSSR count). The molecule has 0 atom stereocenters. The molecule has 15 heavy (non-hydrogen) atoms. The molecule has 0 aliphatic carbocycles. The van der Waals surface area contributed by atoms with Gasteiger partial charge in [-0.05, 0) is 39.3 Å². The van der Waals surface area contributed by atoms with Gasteiger partial charge in [0.15, 0.2) is 0 Å². The zero-order valence-corrected chi connectivity index (χ0v) is 11.8. The molecular weight excluding hydrogens is 184 g/mol. The van der Waals surface area contributed by atoms with Gasteiger partial charge in [-0.3, -0.25) is 0 Å². The number of nitrogens with one attached hydrogen (secondary N) is 1. The van der Waals surface area contributed by atoms with Gasteiger partial charge in [0.2, 0.25) is 0 Å². The van der Waals surface area contributed by atoms with Gasteiger partial charge in [-0.15, -0.1) is 0 Å². The largest absolute Gasteiger partial charge is 0.311 e. The van der Waals surface area contributed by atoms with Crippen LogP contribution >= 0.6 is 0 Å². The Bertz CT molecular complexity index is 164. The van der Waals surface area contributed by atoms with Crippen molar-refractivity contribution in [3.63, 3.8) is 0 Å². The highest BCUT2D eigenvalue weighted by Crippen LogP contribution is 2.17. The molecular formula is C13H30N2. The molecule has 0 heterocycles. The van der Waals surface area contributed by atoms with E-state index in [0.717, 1.165) is 19.6 Å². The van der Waals surface area contributed by atoms with E-state index < -0.39 is 0 Å². The molecule has 2 heteroatoms. The van der Waals surface area contributed by atoms with Gasteiger partial charge < -0.3 is 10.2 Å². The predicted octanol–water partition coefficient (Wildman–Crippen LogP) is 2.74. The summed E-state index contributed by atoms with van der Waals surface area (Å²) >= 11 is 0. The quantitative estimate of drug-likeness (QED) is 0.731. The van der Waals surface area contributed by atoms with Crippen molar-refractivity contribution in [3.8, 4) is 0 Å². The van der Waals surface area contributed by atoms with Crippen molar-refractivity contribution in [2.45, 2.75) is 54.0 Å². The van der Waals surface area contributed by atoms with Crippen molar-refractivity contribution in [3.05, 3.63) is 0 Å². The van der Waals surface area contributed by atoms with Crippen LogP contribution in [0.4, 0.5) is 0 Å². The fourth-order valence-electron chi connectivity index (χ4n) is 1.61. The summed E-state index contributed by atoms with van der Waals surface area (Å²) in [6, 6.07) is 0. The van der Waals surface area contributed by atoms with Crippen LogP contribution in [0.5, 0.6) is 0 Å². The molecule has 0 saturated heterocycles. The van der Waals surface area contributed by atoms with E-state index in [1.54, 1.807) is 0 Å². The number of hydrogen-bond acceptors (Lipinski definition) is 2. The van der Waals surface area contributed by atoms with Crippen LogP contribution in [0.1, 0.15) is 48.5 Å². The molecule has 0 amide bonds. The molecule has 1 N–H and O–H groups in total. The Labute approximate surface area is 96.4 Å². The number of rotatable bonds is 6. The molecule has 0 fully saturated rings. The maximum Gasteiger partial charge on any atom is 0.00967 e. The van der Waals surface area contributed by atoms with Crippen molar-refractivity contribution < 1.29 is 0 Å². The highest BCUT2D eigenvalue weighted by Gasteiger charge is 2.22. The van der Waals surface area contributed by atoms with Gasteiger partial charge in [0.05, 0.1) is 0 Å². The minimum absolute atomic E-state index is 0.223. The minimum Gasteiger partial charge on any atom is -0.311 e. The SMILES string of the molecule is CCN(CC)CC(C)(C)CNC(C)(C)C. The maximum absolute atomic E-state index is 3.59. The molecule has 0 saturated carbocycles. The van der Waals surface area contributed by atoms with Gasteiger partial charge in [-0.25, -0.2) is 0 Å². The van der Waals surface area contributed by atoms with E-state index in [4.69, 9.17) is 0 Å². The molecule has 0 aliphatic heterocycles. The van der Waals surface area contributed by atoms with Crippen molar-refractivity contribution in [2.24, 2.45) is 5.41 Å². The second-order valence-electron chi connectivity index (χ2n) is 6.23. The van der Waals surface area contributed by atoms with Gasteiger partial charge in [-0.2, -0.15) is 0 Å². The van der Waals surface area contributed by atoms with E-state index in [2.05, 4.69) is 58.7 Å². The average Bonchev–Trinajstić information content (AvgIpc) is 2.10. The smallest absolute Gasteiger partial charge is 0.00967 e. The van der Waals surface area contributed by atoms with Crippen molar-refractivity contribution >= 4 is 0 Å². The lowest BCUT2D eigenvalue weighted by Gasteiger charge is -2.34. The molecule has 0 aliphatic rings. The van der Waals surface area contributed by atoms with Gasteiger partial charge in [0.25, 0.3) is 0 Å². The monoisotopic (exact) mass is 214 g/mol. The summed E-state index contributed by atoms with van der Waals surface area (Å²) in [5.41, 5.74) is 0.569. The molecule has 0 aromatic carbocycles. The van der Waals surface area contributed by atoms with Gasteiger partial charge in [0.1, 0.15) is 0 Å². The lowest BCUT2D eigenvalue weighted by Crippen LogP contribution is -2.46. The van der Waals surface area contributed by atoms with E-state index in [1.807, 2.05) is 0 Å². The van der Waals surface area contributed by atoms with Crippen LogP contribution in [0.3, 0.4) is 0 Å². The topological polar surface area (TPSA) is 15.3 Å². The number of nitrogens with zero attached hydrogens (tertiary/aromatic N) is 1. The Morgan fingerprint density at radius 2 is 1.40 bits per heavy atom. The van der Waals surface area contributed by atoms with E-state index in [9.17, 15) is 0 Å². The summed E-state index contributed by atoms with van der Waals surface area (Å²) in [6.07, 6.45) is 0. The Morgan fingerprint density at radius 3 is 1.73 bits per heavy atom. The summed E-state index contributed by atoms with van der Waals surface area (Å²) in [4.78, 5) is 2.49. The first-order chi connectivity index (χ1) is 6.70. The Kier molecular flexibility index (Phi) is 5.82. The lowest BCUT2D eigenvalue weighted by molar-refractivity contribution is 0.177. The molecule has 92 valence electrons. The summed E-state index contributed by atoms with van der Waals surface area (Å²) in [6.45, 7) is 20.4. The first-order valence-corrected chi connectivity index (χ1v) is 6.17. The fourth-order valence-corrected chi connectivity index (χ4v) is 1.61. The van der Waals surface area contributed by atoms with E-state index in [1.165, 1.54) is 6.54 Å². The zero-order valence-electron chi connectivity index (χ0n) is 11.8. The fraction of sp³-hybridized carbons (Fsp3) is 1.00. The highest BCUT2D eigenvalue weighted by molar-refractivity contribution is 4.80. The van der Waals surface area contributed by atoms with Crippen LogP contribution in [-0.4, -0.2) is 36.6 Å². The predicted molar refractivity (Wildman–Crippen MR) is 69.3 cm³/mol. The maximum atomic E-state index is 3.59. The highest BCUT2D eigenvalue weighted by atomic mass is 15.1. The summed E-state index contributed by atoms with van der Waals surface area (Å²) in [7, 11) is 0. The van der Waals surface area contributed by atoms with Gasteiger partial charge in [-0.1, -0.05) is 27.7 Å². The molecule has 0 unspecified atom stereocenters. The zero-order chi connectivity index (χ0) is 12.1. The third-order valence-corrected chi connectivity index (χ3v) is 2.64. The lowest BCUT2D eigenvalue weighted by atomic mass is 9.91. The van der Waals surface area contributed by atoms with Crippen LogP contribution in [0.2, 0.25) is 0 Å². The normalized spacial score (nSPS) is 13.6. The van der Waals surface area contributed by atoms with Crippen LogP contribution in [0.25, 0.3) is 0 Å². The first kappa shape index (κ1) is 14.9. The first-order valence-electron chi connectivity index (χ1n) is 6.17. The minimum atomic E-state index is 0.223. The summed E-state index contributed by atoms with van der Waals surface area (Å²) in [5.74, 6) is 0. The van der Waals surface area contributed by atoms with E-state index in [-0.39, 0.29) is 5.54 Å². The number of hydrogen-bond donors (Lipinski definition) is 1. The molecule has 0 aromatic heterocycles. The third kappa shape index (κ3) is 7.80. The molecule has 2 nitrogen and oxygen atoms in total. The molecule has 0 radical (unpaired) electrons. The van der Waals surface area contributed by atoms with Crippen LogP contribution in [0.15, 0.2) is 0 Å². The summed E-state index contributed by atoms with van der Waals surface area (Å²) in [5, 5.41) is 3.59. The molecule has 0 bridgehead atoms. The molecule has 0 spiro atoms. The third-order valence-electron chi connectivity index (χ3n) is 2.64. The van der Waals surface area contributed by atoms with Crippen LogP contribution < -0.4 is 5.32 Å². The van der Waals surface area contributed by atoms with Crippen molar-refractivity contribution in [2.75, 3.05) is 26.2 Å². The Morgan fingerprint density at radius 1 is 0.933 bits per heavy atom. The van der Waals surface area contributed by atoms with E-state index >= 15 is 0 Å². The standard InChI is InChI=1S/C13H30N2/c1-8-15(9-2)11-13(6,7)10-14-12(3,4)5/h14H,8-11H2,1-7H3. The molecule has 0 aromatic rings. The summed E-state index contributed by atoms with van der Waals surface area (Å²) < 4.78 is 0. The van der Waals surface area contributed by atoms with E-state index in [0.29, 0.717) is 5.41 Å². The average molecular weight is 214 g/mol. The van der Waals surface area contributed by atoms with Crippen LogP contribution in [-0.2, 0) is 0 Å². The Balaban J connectivity index is 4.06. The van der Waals surface area contributed by atoms with Crippen LogP contribution in [0, 0.1) is 5.41 Å². The second kappa shape index (κ2) is 5.86. The van der Waals surface area contributed by atoms with Gasteiger partial charge in [0, 0.05) is 18.6 Å². The van der Waals surface area contributed by atoms with Crippen molar-refractivity contribution in [1.82, 2.24) is 10.2 Å². The van der Waals surface area contributed by atoms with Gasteiger partial charge >= 0.3 is 0 Å². The Hall–Kier alpha value is -0.0800.